The molecular weight excluding hydrogens is 184 g/mol. The Hall–Kier alpha value is -0.610. The average Bonchev–Trinajstić information content (AvgIpc) is 2.13. The van der Waals surface area contributed by atoms with Crippen LogP contribution in [0.1, 0.15) is 33.6 Å². The minimum Gasteiger partial charge on any atom is -0.457 e. The van der Waals surface area contributed by atoms with Gasteiger partial charge < -0.3 is 14.9 Å². The van der Waals surface area contributed by atoms with E-state index < -0.39 is 11.5 Å². The fraction of sp³-hybridized carbons (Fsp3) is 0.900. The van der Waals surface area contributed by atoms with Crippen LogP contribution in [0, 0.1) is 5.41 Å². The van der Waals surface area contributed by atoms with Gasteiger partial charge >= 0.3 is 5.97 Å². The van der Waals surface area contributed by atoms with Crippen LogP contribution in [-0.4, -0.2) is 35.5 Å². The van der Waals surface area contributed by atoms with Crippen LogP contribution in [0.4, 0.5) is 0 Å². The van der Waals surface area contributed by atoms with Crippen molar-refractivity contribution >= 4 is 5.97 Å². The van der Waals surface area contributed by atoms with E-state index in [-0.39, 0.29) is 19.2 Å². The van der Waals surface area contributed by atoms with Gasteiger partial charge in [-0.1, -0.05) is 13.3 Å². The molecule has 0 aromatic carbocycles. The van der Waals surface area contributed by atoms with Gasteiger partial charge in [0.05, 0.1) is 18.6 Å². The van der Waals surface area contributed by atoms with Gasteiger partial charge in [0.2, 0.25) is 0 Å². The molecule has 0 saturated carbocycles. The highest BCUT2D eigenvalue weighted by Gasteiger charge is 2.30. The van der Waals surface area contributed by atoms with Crippen molar-refractivity contribution in [2.75, 3.05) is 13.2 Å². The molecule has 0 unspecified atom stereocenters. The molecule has 0 spiro atoms. The Bertz CT molecular complexity index is 173. The second-order valence-corrected chi connectivity index (χ2v) is 4.03. The zero-order valence-corrected chi connectivity index (χ0v) is 9.12. The molecule has 0 aliphatic carbocycles. The molecule has 4 heteroatoms. The number of hydrogen-bond acceptors (Lipinski definition) is 4. The van der Waals surface area contributed by atoms with E-state index in [1.54, 1.807) is 13.8 Å². The summed E-state index contributed by atoms with van der Waals surface area (Å²) in [7, 11) is 0. The third kappa shape index (κ3) is 4.07. The van der Waals surface area contributed by atoms with Crippen molar-refractivity contribution in [3.05, 3.63) is 0 Å². The minimum absolute atomic E-state index is 0.343. The minimum atomic E-state index is -0.793. The molecule has 0 amide bonds. The van der Waals surface area contributed by atoms with Crippen LogP contribution in [0.2, 0.25) is 0 Å². The van der Waals surface area contributed by atoms with E-state index in [1.807, 2.05) is 6.92 Å². The van der Waals surface area contributed by atoms with E-state index in [0.717, 1.165) is 12.8 Å². The SMILES string of the molecule is CCCC(C)(C)C(=O)OC(CO)CO. The quantitative estimate of drug-likeness (QED) is 0.625. The van der Waals surface area contributed by atoms with Crippen LogP contribution in [0.5, 0.6) is 0 Å². The lowest BCUT2D eigenvalue weighted by Crippen LogP contribution is -2.33. The average molecular weight is 204 g/mol. The van der Waals surface area contributed by atoms with Gasteiger partial charge in [-0.15, -0.1) is 0 Å². The maximum absolute atomic E-state index is 11.5. The maximum atomic E-state index is 11.5. The Morgan fingerprint density at radius 3 is 2.21 bits per heavy atom. The van der Waals surface area contributed by atoms with Gasteiger partial charge in [0.15, 0.2) is 0 Å². The van der Waals surface area contributed by atoms with Gasteiger partial charge in [0.1, 0.15) is 6.10 Å². The number of ether oxygens (including phenoxy) is 1. The molecule has 0 saturated heterocycles. The number of aliphatic hydroxyl groups is 2. The highest BCUT2D eigenvalue weighted by atomic mass is 16.6. The molecule has 0 atom stereocenters. The fourth-order valence-corrected chi connectivity index (χ4v) is 1.17. The molecular formula is C10H20O4. The number of carbonyl (C=O) groups excluding carboxylic acids is 1. The summed E-state index contributed by atoms with van der Waals surface area (Å²) in [5, 5.41) is 17.5. The Morgan fingerprint density at radius 1 is 1.36 bits per heavy atom. The van der Waals surface area contributed by atoms with Crippen LogP contribution >= 0.6 is 0 Å². The molecule has 2 N–H and O–H groups in total. The van der Waals surface area contributed by atoms with Gasteiger partial charge in [-0.05, 0) is 20.3 Å². The van der Waals surface area contributed by atoms with E-state index in [4.69, 9.17) is 14.9 Å². The number of carbonyl (C=O) groups is 1. The molecule has 0 bridgehead atoms. The second kappa shape index (κ2) is 5.98. The largest absolute Gasteiger partial charge is 0.457 e. The topological polar surface area (TPSA) is 66.8 Å². The smallest absolute Gasteiger partial charge is 0.311 e. The van der Waals surface area contributed by atoms with Crippen molar-refractivity contribution in [1.82, 2.24) is 0 Å². The number of rotatable bonds is 6. The van der Waals surface area contributed by atoms with Crippen molar-refractivity contribution in [2.24, 2.45) is 5.41 Å². The number of esters is 1. The maximum Gasteiger partial charge on any atom is 0.311 e. The summed E-state index contributed by atoms with van der Waals surface area (Å²) in [4.78, 5) is 11.5. The molecule has 0 radical (unpaired) electrons. The third-order valence-corrected chi connectivity index (χ3v) is 2.11. The van der Waals surface area contributed by atoms with Gasteiger partial charge in [0, 0.05) is 0 Å². The third-order valence-electron chi connectivity index (χ3n) is 2.11. The molecule has 0 rings (SSSR count). The zero-order valence-electron chi connectivity index (χ0n) is 9.12. The van der Waals surface area contributed by atoms with E-state index in [9.17, 15) is 4.79 Å². The van der Waals surface area contributed by atoms with Crippen LogP contribution in [0.3, 0.4) is 0 Å². The standard InChI is InChI=1S/C10H20O4/c1-4-5-10(2,3)9(13)14-8(6-11)7-12/h8,11-12H,4-7H2,1-3H3. The van der Waals surface area contributed by atoms with Crippen LogP contribution in [0.15, 0.2) is 0 Å². The number of hydrogen-bond donors (Lipinski definition) is 2. The highest BCUT2D eigenvalue weighted by molar-refractivity contribution is 5.76. The zero-order chi connectivity index (χ0) is 11.2. The predicted octanol–water partition coefficient (Wildman–Crippen LogP) is 0.709. The number of aliphatic hydroxyl groups excluding tert-OH is 2. The molecule has 0 fully saturated rings. The Balaban J connectivity index is 4.17. The Labute approximate surface area is 84.9 Å². The predicted molar refractivity (Wildman–Crippen MR) is 52.7 cm³/mol. The molecule has 0 aliphatic heterocycles. The molecule has 84 valence electrons. The van der Waals surface area contributed by atoms with E-state index >= 15 is 0 Å². The summed E-state index contributed by atoms with van der Waals surface area (Å²) in [5.41, 5.74) is -0.544. The van der Waals surface area contributed by atoms with Crippen molar-refractivity contribution in [3.63, 3.8) is 0 Å². The Kier molecular flexibility index (Phi) is 5.72. The Morgan fingerprint density at radius 2 is 1.86 bits per heavy atom. The summed E-state index contributed by atoms with van der Waals surface area (Å²) in [5.74, 6) is -0.368. The lowest BCUT2D eigenvalue weighted by atomic mass is 9.88. The lowest BCUT2D eigenvalue weighted by Gasteiger charge is -2.24. The first-order chi connectivity index (χ1) is 6.47. The first-order valence-corrected chi connectivity index (χ1v) is 4.90. The molecule has 4 nitrogen and oxygen atoms in total. The van der Waals surface area contributed by atoms with Crippen LogP contribution in [0.25, 0.3) is 0 Å². The van der Waals surface area contributed by atoms with Gasteiger partial charge in [0.25, 0.3) is 0 Å². The molecule has 0 heterocycles. The van der Waals surface area contributed by atoms with Crippen LogP contribution in [-0.2, 0) is 9.53 Å². The summed E-state index contributed by atoms with van der Waals surface area (Å²) >= 11 is 0. The summed E-state index contributed by atoms with van der Waals surface area (Å²) in [6.07, 6.45) is 0.832. The van der Waals surface area contributed by atoms with Gasteiger partial charge in [-0.25, -0.2) is 0 Å². The fourth-order valence-electron chi connectivity index (χ4n) is 1.17. The van der Waals surface area contributed by atoms with Crippen molar-refractivity contribution < 1.29 is 19.7 Å². The summed E-state index contributed by atoms with van der Waals surface area (Å²) < 4.78 is 4.93. The highest BCUT2D eigenvalue weighted by Crippen LogP contribution is 2.24. The molecule has 0 aromatic rings. The monoisotopic (exact) mass is 204 g/mol. The summed E-state index contributed by atoms with van der Waals surface area (Å²) in [6, 6.07) is 0. The second-order valence-electron chi connectivity index (χ2n) is 4.03. The van der Waals surface area contributed by atoms with Crippen molar-refractivity contribution in [1.29, 1.82) is 0 Å². The summed E-state index contributed by atoms with van der Waals surface area (Å²) in [6.45, 7) is 4.90. The van der Waals surface area contributed by atoms with Crippen LogP contribution < -0.4 is 0 Å². The van der Waals surface area contributed by atoms with E-state index in [1.165, 1.54) is 0 Å². The van der Waals surface area contributed by atoms with Crippen molar-refractivity contribution in [3.8, 4) is 0 Å². The van der Waals surface area contributed by atoms with E-state index in [2.05, 4.69) is 0 Å². The van der Waals surface area contributed by atoms with Gasteiger partial charge in [-0.3, -0.25) is 4.79 Å². The van der Waals surface area contributed by atoms with E-state index in [0.29, 0.717) is 0 Å². The molecule has 0 aromatic heterocycles. The molecule has 14 heavy (non-hydrogen) atoms. The lowest BCUT2D eigenvalue weighted by molar-refractivity contribution is -0.164. The van der Waals surface area contributed by atoms with Crippen molar-refractivity contribution in [2.45, 2.75) is 39.7 Å². The first kappa shape index (κ1) is 13.4. The normalized spacial score (nSPS) is 11.9. The van der Waals surface area contributed by atoms with Gasteiger partial charge in [-0.2, -0.15) is 0 Å². The first-order valence-electron chi connectivity index (χ1n) is 4.90. The molecule has 0 aliphatic rings.